The standard InChI is InChI=1S/C23H25F3O2/c1-2-3-16-4-6-17(7-5-16)18-10-14-21(15-11-18)28-22(27)19-8-12-20(13-9-19)23(24,25)26/h8-17H,2-7H2,1H3. The Morgan fingerprint density at radius 3 is 2.11 bits per heavy atom. The van der Waals surface area contributed by atoms with E-state index in [-0.39, 0.29) is 5.56 Å². The van der Waals surface area contributed by atoms with Crippen molar-refractivity contribution in [2.45, 2.75) is 57.5 Å². The van der Waals surface area contributed by atoms with E-state index in [1.807, 2.05) is 12.1 Å². The molecule has 1 saturated carbocycles. The van der Waals surface area contributed by atoms with Crippen molar-refractivity contribution in [2.24, 2.45) is 5.92 Å². The molecule has 28 heavy (non-hydrogen) atoms. The number of halogens is 3. The van der Waals surface area contributed by atoms with Crippen molar-refractivity contribution < 1.29 is 22.7 Å². The number of rotatable bonds is 5. The second-order valence-corrected chi connectivity index (χ2v) is 7.54. The summed E-state index contributed by atoms with van der Waals surface area (Å²) in [5.41, 5.74) is 0.553. The molecule has 0 aliphatic heterocycles. The van der Waals surface area contributed by atoms with Gasteiger partial charge < -0.3 is 4.74 Å². The summed E-state index contributed by atoms with van der Waals surface area (Å²) >= 11 is 0. The smallest absolute Gasteiger partial charge is 0.416 e. The molecule has 1 fully saturated rings. The zero-order valence-electron chi connectivity index (χ0n) is 16.0. The first kappa shape index (κ1) is 20.4. The second kappa shape index (κ2) is 8.80. The summed E-state index contributed by atoms with van der Waals surface area (Å²) < 4.78 is 43.1. The summed E-state index contributed by atoms with van der Waals surface area (Å²) in [7, 11) is 0. The molecule has 3 rings (SSSR count). The molecule has 5 heteroatoms. The van der Waals surface area contributed by atoms with Crippen LogP contribution in [-0.2, 0) is 6.18 Å². The maximum absolute atomic E-state index is 12.6. The van der Waals surface area contributed by atoms with Gasteiger partial charge in [0.2, 0.25) is 0 Å². The number of hydrogen-bond donors (Lipinski definition) is 0. The number of hydrogen-bond acceptors (Lipinski definition) is 2. The Kier molecular flexibility index (Phi) is 6.42. The molecule has 2 aromatic carbocycles. The van der Waals surface area contributed by atoms with Crippen LogP contribution in [0.15, 0.2) is 48.5 Å². The van der Waals surface area contributed by atoms with Crippen LogP contribution in [0, 0.1) is 5.92 Å². The molecule has 1 aliphatic rings. The third-order valence-corrected chi connectivity index (χ3v) is 5.55. The average Bonchev–Trinajstić information content (AvgIpc) is 2.69. The minimum Gasteiger partial charge on any atom is -0.423 e. The summed E-state index contributed by atoms with van der Waals surface area (Å²) in [5.74, 6) is 1.13. The quantitative estimate of drug-likeness (QED) is 0.406. The van der Waals surface area contributed by atoms with Crippen LogP contribution < -0.4 is 4.74 Å². The van der Waals surface area contributed by atoms with Gasteiger partial charge >= 0.3 is 12.1 Å². The summed E-state index contributed by atoms with van der Waals surface area (Å²) in [6, 6.07) is 11.5. The second-order valence-electron chi connectivity index (χ2n) is 7.54. The Hall–Kier alpha value is -2.30. The summed E-state index contributed by atoms with van der Waals surface area (Å²) in [5, 5.41) is 0. The normalized spacial score (nSPS) is 20.0. The number of carbonyl (C=O) groups is 1. The van der Waals surface area contributed by atoms with E-state index in [9.17, 15) is 18.0 Å². The maximum atomic E-state index is 12.6. The molecule has 0 spiro atoms. The molecule has 0 N–H and O–H groups in total. The Morgan fingerprint density at radius 2 is 1.57 bits per heavy atom. The fraction of sp³-hybridized carbons (Fsp3) is 0.435. The maximum Gasteiger partial charge on any atom is 0.416 e. The predicted octanol–water partition coefficient (Wildman–Crippen LogP) is 7.00. The monoisotopic (exact) mass is 390 g/mol. The lowest BCUT2D eigenvalue weighted by molar-refractivity contribution is -0.137. The first-order valence-corrected chi connectivity index (χ1v) is 9.86. The summed E-state index contributed by atoms with van der Waals surface area (Å²) in [4.78, 5) is 12.2. The van der Waals surface area contributed by atoms with Crippen LogP contribution in [0.4, 0.5) is 13.2 Å². The van der Waals surface area contributed by atoms with Crippen LogP contribution in [0.1, 0.15) is 72.9 Å². The van der Waals surface area contributed by atoms with E-state index in [1.54, 1.807) is 12.1 Å². The Morgan fingerprint density at radius 1 is 0.964 bits per heavy atom. The van der Waals surface area contributed by atoms with Gasteiger partial charge in [0.1, 0.15) is 5.75 Å². The zero-order chi connectivity index (χ0) is 20.1. The molecule has 0 unspecified atom stereocenters. The average molecular weight is 390 g/mol. The Labute approximate surface area is 163 Å². The molecule has 0 amide bonds. The summed E-state index contributed by atoms with van der Waals surface area (Å²) in [6.07, 6.45) is 3.05. The molecular weight excluding hydrogens is 365 g/mol. The van der Waals surface area contributed by atoms with E-state index in [0.29, 0.717) is 11.7 Å². The van der Waals surface area contributed by atoms with Crippen molar-refractivity contribution in [1.82, 2.24) is 0 Å². The van der Waals surface area contributed by atoms with E-state index < -0.39 is 17.7 Å². The lowest BCUT2D eigenvalue weighted by Crippen LogP contribution is -2.13. The van der Waals surface area contributed by atoms with Crippen molar-refractivity contribution in [3.05, 3.63) is 65.2 Å². The largest absolute Gasteiger partial charge is 0.423 e. The van der Waals surface area contributed by atoms with Crippen LogP contribution in [0.2, 0.25) is 0 Å². The van der Waals surface area contributed by atoms with Crippen LogP contribution in [-0.4, -0.2) is 5.97 Å². The van der Waals surface area contributed by atoms with E-state index >= 15 is 0 Å². The molecule has 1 aliphatic carbocycles. The highest BCUT2D eigenvalue weighted by atomic mass is 19.4. The molecule has 0 aromatic heterocycles. The van der Waals surface area contributed by atoms with Gasteiger partial charge in [-0.1, -0.05) is 31.9 Å². The zero-order valence-corrected chi connectivity index (χ0v) is 16.0. The Balaban J connectivity index is 1.57. The first-order valence-electron chi connectivity index (χ1n) is 9.86. The van der Waals surface area contributed by atoms with Gasteiger partial charge in [-0.2, -0.15) is 13.2 Å². The first-order chi connectivity index (χ1) is 13.4. The molecule has 0 saturated heterocycles. The molecule has 0 heterocycles. The van der Waals surface area contributed by atoms with E-state index in [1.165, 1.54) is 44.1 Å². The molecule has 150 valence electrons. The van der Waals surface area contributed by atoms with Gasteiger partial charge in [0, 0.05) is 0 Å². The van der Waals surface area contributed by atoms with Gasteiger partial charge in [0.15, 0.2) is 0 Å². The van der Waals surface area contributed by atoms with Gasteiger partial charge in [0.25, 0.3) is 0 Å². The molecule has 2 aromatic rings. The third kappa shape index (κ3) is 5.15. The molecule has 0 bridgehead atoms. The number of alkyl halides is 3. The summed E-state index contributed by atoms with van der Waals surface area (Å²) in [6.45, 7) is 2.23. The van der Waals surface area contributed by atoms with Crippen molar-refractivity contribution in [1.29, 1.82) is 0 Å². The minimum atomic E-state index is -4.42. The fourth-order valence-electron chi connectivity index (χ4n) is 3.96. The van der Waals surface area contributed by atoms with Crippen molar-refractivity contribution in [2.75, 3.05) is 0 Å². The fourth-order valence-corrected chi connectivity index (χ4v) is 3.96. The Bertz CT molecular complexity index is 771. The van der Waals surface area contributed by atoms with Crippen LogP contribution in [0.3, 0.4) is 0 Å². The number of benzene rings is 2. The van der Waals surface area contributed by atoms with Crippen molar-refractivity contribution >= 4 is 5.97 Å². The van der Waals surface area contributed by atoms with Crippen LogP contribution in [0.25, 0.3) is 0 Å². The number of ether oxygens (including phenoxy) is 1. The molecule has 0 radical (unpaired) electrons. The molecule has 2 nitrogen and oxygen atoms in total. The van der Waals surface area contributed by atoms with E-state index in [0.717, 1.165) is 30.2 Å². The topological polar surface area (TPSA) is 26.3 Å². The van der Waals surface area contributed by atoms with Gasteiger partial charge in [0.05, 0.1) is 11.1 Å². The SMILES string of the molecule is CCCC1CCC(c2ccc(OC(=O)c3ccc(C(F)(F)F)cc3)cc2)CC1. The molecular formula is C23H25F3O2. The number of carbonyl (C=O) groups excluding carboxylic acids is 1. The highest BCUT2D eigenvalue weighted by Crippen LogP contribution is 2.38. The third-order valence-electron chi connectivity index (χ3n) is 5.55. The van der Waals surface area contributed by atoms with Gasteiger partial charge in [-0.3, -0.25) is 0 Å². The molecule has 0 atom stereocenters. The predicted molar refractivity (Wildman–Crippen MR) is 102 cm³/mol. The number of esters is 1. The van der Waals surface area contributed by atoms with Gasteiger partial charge in [-0.05, 0) is 79.5 Å². The van der Waals surface area contributed by atoms with Gasteiger partial charge in [-0.25, -0.2) is 4.79 Å². The van der Waals surface area contributed by atoms with Crippen LogP contribution in [0.5, 0.6) is 5.75 Å². The minimum absolute atomic E-state index is 0.0892. The lowest BCUT2D eigenvalue weighted by Gasteiger charge is -2.28. The van der Waals surface area contributed by atoms with Crippen molar-refractivity contribution in [3.63, 3.8) is 0 Å². The van der Waals surface area contributed by atoms with Gasteiger partial charge in [-0.15, -0.1) is 0 Å². The highest BCUT2D eigenvalue weighted by Gasteiger charge is 2.30. The van der Waals surface area contributed by atoms with E-state index in [4.69, 9.17) is 4.74 Å². The van der Waals surface area contributed by atoms with Crippen molar-refractivity contribution in [3.8, 4) is 5.75 Å². The van der Waals surface area contributed by atoms with E-state index in [2.05, 4.69) is 6.92 Å². The van der Waals surface area contributed by atoms with Crippen LogP contribution >= 0.6 is 0 Å². The lowest BCUT2D eigenvalue weighted by atomic mass is 9.77. The highest BCUT2D eigenvalue weighted by molar-refractivity contribution is 5.91.